The molecule has 0 aliphatic heterocycles. The van der Waals surface area contributed by atoms with Crippen LogP contribution in [-0.4, -0.2) is 42.1 Å². The molecule has 0 heterocycles. The Bertz CT molecular complexity index is 436. The molecule has 0 saturated carbocycles. The van der Waals surface area contributed by atoms with Gasteiger partial charge in [0.1, 0.15) is 24.0 Å². The van der Waals surface area contributed by atoms with Gasteiger partial charge in [-0.05, 0) is 34.5 Å². The number of aliphatic hydroxyl groups is 1. The first kappa shape index (κ1) is 16.9. The SMILES string of the molecule is CCCCOCC(O)COc1c(Br)cccc1C(=O)O. The van der Waals surface area contributed by atoms with Crippen LogP contribution < -0.4 is 4.74 Å². The van der Waals surface area contributed by atoms with E-state index in [0.717, 1.165) is 12.8 Å². The van der Waals surface area contributed by atoms with Crippen LogP contribution in [0.1, 0.15) is 30.1 Å². The first-order valence-corrected chi connectivity index (χ1v) is 7.26. The molecule has 0 fully saturated rings. The number of unbranched alkanes of at least 4 members (excludes halogenated alkanes) is 1. The number of carbonyl (C=O) groups is 1. The molecule has 0 aliphatic rings. The van der Waals surface area contributed by atoms with E-state index in [2.05, 4.69) is 22.9 Å². The van der Waals surface area contributed by atoms with Crippen LogP contribution in [0.25, 0.3) is 0 Å². The molecule has 0 spiro atoms. The van der Waals surface area contributed by atoms with Crippen molar-refractivity contribution in [2.75, 3.05) is 19.8 Å². The number of ether oxygens (including phenoxy) is 2. The summed E-state index contributed by atoms with van der Waals surface area (Å²) in [5.41, 5.74) is 0.0541. The molecule has 0 amide bonds. The average Bonchev–Trinajstić information content (AvgIpc) is 2.42. The molecule has 0 aromatic heterocycles. The van der Waals surface area contributed by atoms with E-state index in [-0.39, 0.29) is 24.5 Å². The van der Waals surface area contributed by atoms with Gasteiger partial charge in [-0.1, -0.05) is 19.4 Å². The topological polar surface area (TPSA) is 76.0 Å². The Labute approximate surface area is 126 Å². The summed E-state index contributed by atoms with van der Waals surface area (Å²) in [7, 11) is 0. The maximum Gasteiger partial charge on any atom is 0.339 e. The van der Waals surface area contributed by atoms with Gasteiger partial charge in [0.2, 0.25) is 0 Å². The Morgan fingerprint density at radius 3 is 2.80 bits per heavy atom. The predicted octanol–water partition coefficient (Wildman–Crippen LogP) is 2.70. The molecule has 0 aliphatic carbocycles. The highest BCUT2D eigenvalue weighted by Gasteiger charge is 2.15. The van der Waals surface area contributed by atoms with E-state index < -0.39 is 12.1 Å². The number of benzene rings is 1. The van der Waals surface area contributed by atoms with Crippen molar-refractivity contribution < 1.29 is 24.5 Å². The van der Waals surface area contributed by atoms with Crippen molar-refractivity contribution >= 4 is 21.9 Å². The second-order valence-corrected chi connectivity index (χ2v) is 5.17. The van der Waals surface area contributed by atoms with Crippen LogP contribution >= 0.6 is 15.9 Å². The number of para-hydroxylation sites is 1. The standard InChI is InChI=1S/C14H19BrO5/c1-2-3-7-19-8-10(16)9-20-13-11(14(17)18)5-4-6-12(13)15/h4-6,10,16H,2-3,7-9H2,1H3,(H,17,18). The molecule has 1 unspecified atom stereocenters. The van der Waals surface area contributed by atoms with E-state index >= 15 is 0 Å². The quantitative estimate of drug-likeness (QED) is 0.672. The Kier molecular flexibility index (Phi) is 7.58. The van der Waals surface area contributed by atoms with Gasteiger partial charge in [0, 0.05) is 6.61 Å². The maximum absolute atomic E-state index is 11.1. The highest BCUT2D eigenvalue weighted by atomic mass is 79.9. The molecular formula is C14H19BrO5. The number of aromatic carboxylic acids is 1. The molecule has 1 atom stereocenters. The van der Waals surface area contributed by atoms with Crippen LogP contribution in [0.4, 0.5) is 0 Å². The molecule has 0 saturated heterocycles. The lowest BCUT2D eigenvalue weighted by Crippen LogP contribution is -2.24. The summed E-state index contributed by atoms with van der Waals surface area (Å²) in [4.78, 5) is 11.1. The number of halogens is 1. The van der Waals surface area contributed by atoms with E-state index in [1.165, 1.54) is 6.07 Å². The van der Waals surface area contributed by atoms with E-state index in [1.807, 2.05) is 0 Å². The molecule has 0 radical (unpaired) electrons. The normalized spacial score (nSPS) is 12.2. The number of carboxylic acid groups (broad SMARTS) is 1. The fourth-order valence-electron chi connectivity index (χ4n) is 1.52. The molecule has 0 bridgehead atoms. The van der Waals surface area contributed by atoms with Crippen LogP contribution in [0.2, 0.25) is 0 Å². The second-order valence-electron chi connectivity index (χ2n) is 4.31. The lowest BCUT2D eigenvalue weighted by molar-refractivity contribution is 0.0108. The smallest absolute Gasteiger partial charge is 0.339 e. The summed E-state index contributed by atoms with van der Waals surface area (Å²) < 4.78 is 11.2. The van der Waals surface area contributed by atoms with Gasteiger partial charge in [-0.2, -0.15) is 0 Å². The molecule has 5 nitrogen and oxygen atoms in total. The van der Waals surface area contributed by atoms with Crippen molar-refractivity contribution in [2.45, 2.75) is 25.9 Å². The summed E-state index contributed by atoms with van der Waals surface area (Å²) in [6, 6.07) is 4.75. The summed E-state index contributed by atoms with van der Waals surface area (Å²) in [5.74, 6) is -0.859. The van der Waals surface area contributed by atoms with Gasteiger partial charge in [0.15, 0.2) is 0 Å². The Hall–Kier alpha value is -1.11. The maximum atomic E-state index is 11.1. The third-order valence-electron chi connectivity index (χ3n) is 2.57. The van der Waals surface area contributed by atoms with Gasteiger partial charge >= 0.3 is 5.97 Å². The van der Waals surface area contributed by atoms with Gasteiger partial charge in [0.05, 0.1) is 11.1 Å². The predicted molar refractivity (Wildman–Crippen MR) is 78.3 cm³/mol. The third-order valence-corrected chi connectivity index (χ3v) is 3.19. The zero-order valence-electron chi connectivity index (χ0n) is 11.3. The number of carboxylic acids is 1. The number of hydrogen-bond acceptors (Lipinski definition) is 4. The molecule has 20 heavy (non-hydrogen) atoms. The summed E-state index contributed by atoms with van der Waals surface area (Å²) in [6.07, 6.45) is 1.19. The van der Waals surface area contributed by atoms with Crippen molar-refractivity contribution in [1.29, 1.82) is 0 Å². The van der Waals surface area contributed by atoms with Gasteiger partial charge in [-0.15, -0.1) is 0 Å². The summed E-state index contributed by atoms with van der Waals surface area (Å²) in [6.45, 7) is 2.81. The van der Waals surface area contributed by atoms with Crippen LogP contribution in [0.15, 0.2) is 22.7 Å². The first-order valence-electron chi connectivity index (χ1n) is 6.46. The molecule has 6 heteroatoms. The molecule has 112 valence electrons. The lowest BCUT2D eigenvalue weighted by atomic mass is 10.2. The zero-order chi connectivity index (χ0) is 15.0. The van der Waals surface area contributed by atoms with Gasteiger partial charge in [-0.3, -0.25) is 0 Å². The van der Waals surface area contributed by atoms with E-state index in [0.29, 0.717) is 11.1 Å². The molecular weight excluding hydrogens is 328 g/mol. The van der Waals surface area contributed by atoms with Gasteiger partial charge < -0.3 is 19.7 Å². The first-order chi connectivity index (χ1) is 9.56. The summed E-state index contributed by atoms with van der Waals surface area (Å²) >= 11 is 3.24. The van der Waals surface area contributed by atoms with E-state index in [1.54, 1.807) is 12.1 Å². The number of rotatable bonds is 9. The highest BCUT2D eigenvalue weighted by molar-refractivity contribution is 9.10. The molecule has 1 rings (SSSR count). The Morgan fingerprint density at radius 1 is 1.40 bits per heavy atom. The number of hydrogen-bond donors (Lipinski definition) is 2. The Balaban J connectivity index is 2.50. The van der Waals surface area contributed by atoms with Crippen LogP contribution in [0.5, 0.6) is 5.75 Å². The Morgan fingerprint density at radius 2 is 2.15 bits per heavy atom. The minimum Gasteiger partial charge on any atom is -0.489 e. The molecule has 1 aromatic rings. The zero-order valence-corrected chi connectivity index (χ0v) is 12.9. The molecule has 1 aromatic carbocycles. The minimum atomic E-state index is -1.07. The van der Waals surface area contributed by atoms with E-state index in [4.69, 9.17) is 14.6 Å². The van der Waals surface area contributed by atoms with Crippen molar-refractivity contribution in [3.8, 4) is 5.75 Å². The second kappa shape index (κ2) is 8.94. The van der Waals surface area contributed by atoms with Crippen molar-refractivity contribution in [3.63, 3.8) is 0 Å². The molecule has 2 N–H and O–H groups in total. The van der Waals surface area contributed by atoms with Crippen molar-refractivity contribution in [3.05, 3.63) is 28.2 Å². The largest absolute Gasteiger partial charge is 0.489 e. The van der Waals surface area contributed by atoms with Crippen molar-refractivity contribution in [2.24, 2.45) is 0 Å². The van der Waals surface area contributed by atoms with Crippen LogP contribution in [0.3, 0.4) is 0 Å². The fraction of sp³-hybridized carbons (Fsp3) is 0.500. The average molecular weight is 347 g/mol. The lowest BCUT2D eigenvalue weighted by Gasteiger charge is -2.15. The van der Waals surface area contributed by atoms with Gasteiger partial charge in [0.25, 0.3) is 0 Å². The number of aliphatic hydroxyl groups excluding tert-OH is 1. The summed E-state index contributed by atoms with van der Waals surface area (Å²) in [5, 5.41) is 18.8. The highest BCUT2D eigenvalue weighted by Crippen LogP contribution is 2.29. The fourth-order valence-corrected chi connectivity index (χ4v) is 2.00. The minimum absolute atomic E-state index is 0.0188. The van der Waals surface area contributed by atoms with Crippen LogP contribution in [-0.2, 0) is 4.74 Å². The van der Waals surface area contributed by atoms with Gasteiger partial charge in [-0.25, -0.2) is 4.79 Å². The van der Waals surface area contributed by atoms with E-state index in [9.17, 15) is 9.90 Å². The monoisotopic (exact) mass is 346 g/mol. The third kappa shape index (κ3) is 5.48. The van der Waals surface area contributed by atoms with Crippen LogP contribution in [0, 0.1) is 0 Å². The van der Waals surface area contributed by atoms with Crippen molar-refractivity contribution in [1.82, 2.24) is 0 Å².